The molecule has 9 heavy (non-hydrogen) atoms. The summed E-state index contributed by atoms with van der Waals surface area (Å²) in [4.78, 5) is 3.34. The van der Waals surface area contributed by atoms with E-state index < -0.39 is 0 Å². The molecule has 1 aliphatic carbocycles. The van der Waals surface area contributed by atoms with Gasteiger partial charge in [-0.15, -0.1) is 0 Å². The predicted molar refractivity (Wildman–Crippen MR) is 37.7 cm³/mol. The second-order valence-electron chi connectivity index (χ2n) is 2.83. The fraction of sp³-hybridized carbons (Fsp3) is 0.500. The highest BCUT2D eigenvalue weighted by Gasteiger charge is 2.19. The average molecular weight is 121 g/mol. The molecule has 1 heterocycles. The zero-order valence-corrected chi connectivity index (χ0v) is 5.91. The number of hydrogen-bond acceptors (Lipinski definition) is 0. The molecule has 0 aromatic carbocycles. The van der Waals surface area contributed by atoms with Crippen molar-refractivity contribution in [1.29, 1.82) is 0 Å². The highest BCUT2D eigenvalue weighted by molar-refractivity contribution is 5.42. The van der Waals surface area contributed by atoms with Crippen LogP contribution >= 0.6 is 0 Å². The van der Waals surface area contributed by atoms with Crippen LogP contribution < -0.4 is 0 Å². The maximum absolute atomic E-state index is 3.34. The predicted octanol–water partition coefficient (Wildman–Crippen LogP) is 1.73. The van der Waals surface area contributed by atoms with Gasteiger partial charge in [-0.3, -0.25) is 0 Å². The molecular formula is C8H11N. The van der Waals surface area contributed by atoms with E-state index in [9.17, 15) is 0 Å². The lowest BCUT2D eigenvalue weighted by Crippen LogP contribution is -2.06. The third-order valence-electron chi connectivity index (χ3n) is 2.27. The SMILES string of the molecule is Cc1[nH]c(C)c2c1CC2. The van der Waals surface area contributed by atoms with Gasteiger partial charge in [-0.25, -0.2) is 0 Å². The van der Waals surface area contributed by atoms with E-state index in [1.54, 1.807) is 11.1 Å². The summed E-state index contributed by atoms with van der Waals surface area (Å²) in [5.74, 6) is 0. The van der Waals surface area contributed by atoms with Gasteiger partial charge in [0.25, 0.3) is 0 Å². The van der Waals surface area contributed by atoms with E-state index in [2.05, 4.69) is 18.8 Å². The maximum atomic E-state index is 3.34. The molecule has 0 saturated heterocycles. The van der Waals surface area contributed by atoms with Gasteiger partial charge in [0.2, 0.25) is 0 Å². The van der Waals surface area contributed by atoms with Gasteiger partial charge in [-0.1, -0.05) is 0 Å². The summed E-state index contributed by atoms with van der Waals surface area (Å²) in [5.41, 5.74) is 5.92. The first kappa shape index (κ1) is 5.10. The Morgan fingerprint density at radius 1 is 1.00 bits per heavy atom. The molecule has 48 valence electrons. The average Bonchev–Trinajstić information content (AvgIpc) is 1.73. The maximum Gasteiger partial charge on any atom is 0.0153 e. The molecule has 1 heteroatoms. The standard InChI is InChI=1S/C8H11N/c1-5-7-3-4-8(7)6(2)9-5/h9H,3-4H2,1-2H3. The van der Waals surface area contributed by atoms with Gasteiger partial charge in [0.05, 0.1) is 0 Å². The van der Waals surface area contributed by atoms with Crippen molar-refractivity contribution < 1.29 is 0 Å². The number of aryl methyl sites for hydroxylation is 2. The Hall–Kier alpha value is -0.720. The number of fused-ring (bicyclic) bond motifs is 1. The molecule has 1 N–H and O–H groups in total. The van der Waals surface area contributed by atoms with Crippen molar-refractivity contribution in [3.05, 3.63) is 22.5 Å². The minimum atomic E-state index is 1.30. The fourth-order valence-electron chi connectivity index (χ4n) is 1.63. The zero-order chi connectivity index (χ0) is 6.43. The Morgan fingerprint density at radius 2 is 1.44 bits per heavy atom. The summed E-state index contributed by atoms with van der Waals surface area (Å²) in [7, 11) is 0. The molecule has 1 aromatic heterocycles. The summed E-state index contributed by atoms with van der Waals surface area (Å²) in [6.45, 7) is 4.32. The molecular weight excluding hydrogens is 110 g/mol. The third kappa shape index (κ3) is 0.493. The fourth-order valence-corrected chi connectivity index (χ4v) is 1.63. The normalized spacial score (nSPS) is 14.9. The van der Waals surface area contributed by atoms with Crippen LogP contribution in [0.15, 0.2) is 0 Å². The summed E-state index contributed by atoms with van der Waals surface area (Å²) in [6, 6.07) is 0. The Balaban J connectivity index is 2.67. The first-order chi connectivity index (χ1) is 4.29. The summed E-state index contributed by atoms with van der Waals surface area (Å²) < 4.78 is 0. The van der Waals surface area contributed by atoms with Crippen LogP contribution in [0, 0.1) is 13.8 Å². The van der Waals surface area contributed by atoms with E-state index >= 15 is 0 Å². The highest BCUT2D eigenvalue weighted by atomic mass is 14.7. The summed E-state index contributed by atoms with van der Waals surface area (Å²) in [6.07, 6.45) is 2.59. The van der Waals surface area contributed by atoms with Crippen molar-refractivity contribution >= 4 is 0 Å². The molecule has 0 saturated carbocycles. The van der Waals surface area contributed by atoms with Crippen LogP contribution in [0.4, 0.5) is 0 Å². The zero-order valence-electron chi connectivity index (χ0n) is 5.91. The van der Waals surface area contributed by atoms with Crippen molar-refractivity contribution in [2.24, 2.45) is 0 Å². The second-order valence-corrected chi connectivity index (χ2v) is 2.83. The molecule has 1 nitrogen and oxygen atoms in total. The number of rotatable bonds is 0. The van der Waals surface area contributed by atoms with Gasteiger partial charge in [-0.05, 0) is 37.8 Å². The smallest absolute Gasteiger partial charge is 0.0153 e. The van der Waals surface area contributed by atoms with Crippen LogP contribution in [0.1, 0.15) is 22.5 Å². The molecule has 0 spiro atoms. The molecule has 2 rings (SSSR count). The molecule has 0 unspecified atom stereocenters. The van der Waals surface area contributed by atoms with Crippen molar-refractivity contribution in [2.75, 3.05) is 0 Å². The molecule has 0 fully saturated rings. The van der Waals surface area contributed by atoms with Crippen LogP contribution in [-0.2, 0) is 12.8 Å². The molecule has 0 aliphatic heterocycles. The van der Waals surface area contributed by atoms with Crippen LogP contribution in [0.3, 0.4) is 0 Å². The summed E-state index contributed by atoms with van der Waals surface area (Å²) >= 11 is 0. The molecule has 0 amide bonds. The Bertz CT molecular complexity index is 221. The minimum absolute atomic E-state index is 1.30. The highest BCUT2D eigenvalue weighted by Crippen LogP contribution is 2.28. The molecule has 0 atom stereocenters. The number of nitrogens with one attached hydrogen (secondary N) is 1. The lowest BCUT2D eigenvalue weighted by Gasteiger charge is -2.13. The quantitative estimate of drug-likeness (QED) is 0.538. The van der Waals surface area contributed by atoms with E-state index in [1.165, 1.54) is 24.2 Å². The number of H-pyrrole nitrogens is 1. The topological polar surface area (TPSA) is 15.8 Å². The van der Waals surface area contributed by atoms with Gasteiger partial charge >= 0.3 is 0 Å². The largest absolute Gasteiger partial charge is 0.362 e. The minimum Gasteiger partial charge on any atom is -0.362 e. The second kappa shape index (κ2) is 1.41. The molecule has 0 radical (unpaired) electrons. The first-order valence-corrected chi connectivity index (χ1v) is 3.46. The van der Waals surface area contributed by atoms with E-state index in [-0.39, 0.29) is 0 Å². The molecule has 1 aromatic rings. The Kier molecular flexibility index (Phi) is 0.797. The van der Waals surface area contributed by atoms with Gasteiger partial charge in [-0.2, -0.15) is 0 Å². The summed E-state index contributed by atoms with van der Waals surface area (Å²) in [5, 5.41) is 0. The van der Waals surface area contributed by atoms with Gasteiger partial charge in [0, 0.05) is 11.4 Å². The van der Waals surface area contributed by atoms with E-state index in [0.29, 0.717) is 0 Å². The molecule has 1 aliphatic rings. The third-order valence-corrected chi connectivity index (χ3v) is 2.27. The van der Waals surface area contributed by atoms with Crippen LogP contribution in [-0.4, -0.2) is 4.98 Å². The van der Waals surface area contributed by atoms with Gasteiger partial charge in [0.15, 0.2) is 0 Å². The van der Waals surface area contributed by atoms with E-state index in [0.717, 1.165) is 0 Å². The lowest BCUT2D eigenvalue weighted by molar-refractivity contribution is 0.837. The first-order valence-electron chi connectivity index (χ1n) is 3.46. The number of hydrogen-bond donors (Lipinski definition) is 1. The van der Waals surface area contributed by atoms with Crippen molar-refractivity contribution in [3.63, 3.8) is 0 Å². The number of aromatic nitrogens is 1. The van der Waals surface area contributed by atoms with Crippen LogP contribution in [0.25, 0.3) is 0 Å². The van der Waals surface area contributed by atoms with Gasteiger partial charge < -0.3 is 4.98 Å². The van der Waals surface area contributed by atoms with Crippen LogP contribution in [0.2, 0.25) is 0 Å². The van der Waals surface area contributed by atoms with Crippen molar-refractivity contribution in [3.8, 4) is 0 Å². The Labute approximate surface area is 55.1 Å². The number of aromatic amines is 1. The van der Waals surface area contributed by atoms with E-state index in [1.807, 2.05) is 0 Å². The monoisotopic (exact) mass is 121 g/mol. The molecule has 0 bridgehead atoms. The lowest BCUT2D eigenvalue weighted by atomic mass is 9.90. The van der Waals surface area contributed by atoms with Crippen molar-refractivity contribution in [2.45, 2.75) is 26.7 Å². The van der Waals surface area contributed by atoms with Crippen LogP contribution in [0.5, 0.6) is 0 Å². The Morgan fingerprint density at radius 3 is 1.67 bits per heavy atom. The van der Waals surface area contributed by atoms with Gasteiger partial charge in [0.1, 0.15) is 0 Å². The van der Waals surface area contributed by atoms with E-state index in [4.69, 9.17) is 0 Å². The van der Waals surface area contributed by atoms with Crippen molar-refractivity contribution in [1.82, 2.24) is 4.98 Å².